The van der Waals surface area contributed by atoms with Gasteiger partial charge in [-0.2, -0.15) is 0 Å². The zero-order valence-corrected chi connectivity index (χ0v) is 11.4. The van der Waals surface area contributed by atoms with Gasteiger partial charge in [-0.3, -0.25) is 0 Å². The van der Waals surface area contributed by atoms with Gasteiger partial charge < -0.3 is 15.3 Å². The summed E-state index contributed by atoms with van der Waals surface area (Å²) in [6.45, 7) is 3.96. The van der Waals surface area contributed by atoms with Crippen LogP contribution in [0.25, 0.3) is 0 Å². The number of urea groups is 1. The third-order valence-corrected chi connectivity index (χ3v) is 4.58. The fourth-order valence-corrected chi connectivity index (χ4v) is 3.15. The molecule has 4 nitrogen and oxygen atoms in total. The van der Waals surface area contributed by atoms with E-state index in [4.69, 9.17) is 5.11 Å². The first-order chi connectivity index (χ1) is 8.72. The molecule has 0 aromatic rings. The minimum atomic E-state index is 0.0749. The quantitative estimate of drug-likeness (QED) is 0.809. The number of hydrogen-bond donors (Lipinski definition) is 2. The van der Waals surface area contributed by atoms with Crippen molar-refractivity contribution in [3.05, 3.63) is 0 Å². The van der Waals surface area contributed by atoms with Crippen LogP contribution in [0.4, 0.5) is 4.79 Å². The molecule has 0 aromatic heterocycles. The molecule has 0 spiro atoms. The van der Waals surface area contributed by atoms with Crippen LogP contribution in [-0.2, 0) is 0 Å². The van der Waals surface area contributed by atoms with E-state index in [1.807, 2.05) is 4.90 Å². The molecule has 1 aliphatic heterocycles. The van der Waals surface area contributed by atoms with Crippen molar-refractivity contribution in [3.8, 4) is 0 Å². The van der Waals surface area contributed by atoms with Crippen LogP contribution in [-0.4, -0.2) is 41.8 Å². The normalized spacial score (nSPS) is 32.6. The Hall–Kier alpha value is -0.770. The molecule has 1 atom stereocenters. The third-order valence-electron chi connectivity index (χ3n) is 4.58. The standard InChI is InChI=1S/C14H26N2O2/c1-2-11-3-5-13(6-4-11)15-14(18)16-8-7-12(9-16)10-17/h11-13,17H,2-10H2,1H3,(H,15,18). The Kier molecular flexibility index (Phi) is 4.87. The van der Waals surface area contributed by atoms with Crippen LogP contribution in [0.2, 0.25) is 0 Å². The topological polar surface area (TPSA) is 52.6 Å². The van der Waals surface area contributed by atoms with Crippen molar-refractivity contribution in [1.29, 1.82) is 0 Å². The summed E-state index contributed by atoms with van der Waals surface area (Å²) in [6.07, 6.45) is 6.96. The molecular weight excluding hydrogens is 228 g/mol. The second kappa shape index (κ2) is 6.41. The Balaban J connectivity index is 1.72. The van der Waals surface area contributed by atoms with Gasteiger partial charge in [-0.25, -0.2) is 4.79 Å². The maximum Gasteiger partial charge on any atom is 0.317 e. The minimum absolute atomic E-state index is 0.0749. The Morgan fingerprint density at radius 3 is 2.50 bits per heavy atom. The predicted octanol–water partition coefficient (Wildman–Crippen LogP) is 1.98. The first-order valence-electron chi connectivity index (χ1n) is 7.39. The average molecular weight is 254 g/mol. The molecule has 2 fully saturated rings. The summed E-state index contributed by atoms with van der Waals surface area (Å²) in [5.74, 6) is 1.15. The number of hydrogen-bond acceptors (Lipinski definition) is 2. The smallest absolute Gasteiger partial charge is 0.317 e. The zero-order chi connectivity index (χ0) is 13.0. The van der Waals surface area contributed by atoms with Gasteiger partial charge in [0.15, 0.2) is 0 Å². The van der Waals surface area contributed by atoms with Gasteiger partial charge >= 0.3 is 6.03 Å². The molecule has 1 aliphatic carbocycles. The first-order valence-corrected chi connectivity index (χ1v) is 7.39. The molecule has 0 aromatic carbocycles. The van der Waals surface area contributed by atoms with Crippen LogP contribution < -0.4 is 5.32 Å². The number of likely N-dealkylation sites (tertiary alicyclic amines) is 1. The highest BCUT2D eigenvalue weighted by Gasteiger charge is 2.28. The van der Waals surface area contributed by atoms with Crippen LogP contribution in [0.5, 0.6) is 0 Å². The Morgan fingerprint density at radius 2 is 1.94 bits per heavy atom. The van der Waals surface area contributed by atoms with Gasteiger partial charge in [0.2, 0.25) is 0 Å². The van der Waals surface area contributed by atoms with Crippen LogP contribution in [0.1, 0.15) is 45.4 Å². The lowest BCUT2D eigenvalue weighted by Gasteiger charge is -2.30. The van der Waals surface area contributed by atoms with Crippen molar-refractivity contribution < 1.29 is 9.90 Å². The molecule has 2 amide bonds. The average Bonchev–Trinajstić information content (AvgIpc) is 2.88. The summed E-state index contributed by atoms with van der Waals surface area (Å²) in [6, 6.07) is 0.444. The van der Waals surface area contributed by atoms with Crippen LogP contribution >= 0.6 is 0 Å². The number of carbonyl (C=O) groups is 1. The molecule has 2 aliphatic rings. The monoisotopic (exact) mass is 254 g/mol. The van der Waals surface area contributed by atoms with Crippen molar-refractivity contribution in [2.24, 2.45) is 11.8 Å². The summed E-state index contributed by atoms with van der Waals surface area (Å²) < 4.78 is 0. The SMILES string of the molecule is CCC1CCC(NC(=O)N2CCC(CO)C2)CC1. The molecule has 1 unspecified atom stereocenters. The molecule has 2 rings (SSSR count). The van der Waals surface area contributed by atoms with E-state index in [0.29, 0.717) is 12.6 Å². The fourth-order valence-electron chi connectivity index (χ4n) is 3.15. The lowest BCUT2D eigenvalue weighted by molar-refractivity contribution is 0.188. The molecular formula is C14H26N2O2. The number of nitrogens with one attached hydrogen (secondary N) is 1. The molecule has 104 valence electrons. The summed E-state index contributed by atoms with van der Waals surface area (Å²) in [4.78, 5) is 13.9. The van der Waals surface area contributed by atoms with E-state index in [-0.39, 0.29) is 18.6 Å². The fraction of sp³-hybridized carbons (Fsp3) is 0.929. The van der Waals surface area contributed by atoms with Crippen LogP contribution in [0, 0.1) is 11.8 Å². The predicted molar refractivity (Wildman–Crippen MR) is 71.3 cm³/mol. The largest absolute Gasteiger partial charge is 0.396 e. The van der Waals surface area contributed by atoms with Crippen LogP contribution in [0.15, 0.2) is 0 Å². The lowest BCUT2D eigenvalue weighted by Crippen LogP contribution is -2.45. The Labute approximate surface area is 110 Å². The summed E-state index contributed by atoms with van der Waals surface area (Å²) in [7, 11) is 0. The van der Waals surface area contributed by atoms with Gasteiger partial charge in [0.1, 0.15) is 0 Å². The summed E-state index contributed by atoms with van der Waals surface area (Å²) in [5, 5.41) is 12.2. The zero-order valence-electron chi connectivity index (χ0n) is 11.4. The Morgan fingerprint density at radius 1 is 1.22 bits per heavy atom. The van der Waals surface area contributed by atoms with E-state index in [1.54, 1.807) is 0 Å². The van der Waals surface area contributed by atoms with Crippen LogP contribution in [0.3, 0.4) is 0 Å². The lowest BCUT2D eigenvalue weighted by atomic mass is 9.84. The highest BCUT2D eigenvalue weighted by atomic mass is 16.3. The molecule has 0 radical (unpaired) electrons. The highest BCUT2D eigenvalue weighted by molar-refractivity contribution is 5.74. The minimum Gasteiger partial charge on any atom is -0.396 e. The number of rotatable bonds is 3. The van der Waals surface area contributed by atoms with E-state index in [2.05, 4.69) is 12.2 Å². The molecule has 1 saturated heterocycles. The van der Waals surface area contributed by atoms with Gasteiger partial charge in [-0.15, -0.1) is 0 Å². The second-order valence-corrected chi connectivity index (χ2v) is 5.86. The molecule has 0 bridgehead atoms. The van der Waals surface area contributed by atoms with E-state index in [0.717, 1.165) is 31.7 Å². The van der Waals surface area contributed by atoms with E-state index >= 15 is 0 Å². The van der Waals surface area contributed by atoms with Gasteiger partial charge in [-0.05, 0) is 38.0 Å². The molecule has 18 heavy (non-hydrogen) atoms. The van der Waals surface area contributed by atoms with E-state index in [1.165, 1.54) is 19.3 Å². The second-order valence-electron chi connectivity index (χ2n) is 5.86. The maximum atomic E-state index is 12.1. The van der Waals surface area contributed by atoms with Crippen molar-refractivity contribution in [2.75, 3.05) is 19.7 Å². The van der Waals surface area contributed by atoms with Crippen molar-refractivity contribution >= 4 is 6.03 Å². The van der Waals surface area contributed by atoms with Crippen molar-refractivity contribution in [3.63, 3.8) is 0 Å². The highest BCUT2D eigenvalue weighted by Crippen LogP contribution is 2.26. The Bertz CT molecular complexity index is 275. The first kappa shape index (κ1) is 13.7. The molecule has 1 heterocycles. The molecule has 4 heteroatoms. The number of nitrogens with zero attached hydrogens (tertiary/aromatic N) is 1. The number of amides is 2. The summed E-state index contributed by atoms with van der Waals surface area (Å²) in [5.41, 5.74) is 0. The number of aliphatic hydroxyl groups excluding tert-OH is 1. The van der Waals surface area contributed by atoms with Gasteiger partial charge in [0.25, 0.3) is 0 Å². The third kappa shape index (κ3) is 3.37. The van der Waals surface area contributed by atoms with Gasteiger partial charge in [0.05, 0.1) is 0 Å². The molecule has 1 saturated carbocycles. The number of aliphatic hydroxyl groups is 1. The van der Waals surface area contributed by atoms with Gasteiger partial charge in [-0.1, -0.05) is 13.3 Å². The number of carbonyl (C=O) groups excluding carboxylic acids is 1. The molecule has 2 N–H and O–H groups in total. The van der Waals surface area contributed by atoms with E-state index < -0.39 is 0 Å². The van der Waals surface area contributed by atoms with E-state index in [9.17, 15) is 4.79 Å². The maximum absolute atomic E-state index is 12.1. The summed E-state index contributed by atoms with van der Waals surface area (Å²) >= 11 is 0. The van der Waals surface area contributed by atoms with Gasteiger partial charge in [0, 0.05) is 31.7 Å². The van der Waals surface area contributed by atoms with Crippen molar-refractivity contribution in [1.82, 2.24) is 10.2 Å². The van der Waals surface area contributed by atoms with Crippen molar-refractivity contribution in [2.45, 2.75) is 51.5 Å².